The van der Waals surface area contributed by atoms with Crippen molar-refractivity contribution in [2.24, 2.45) is 5.41 Å². The van der Waals surface area contributed by atoms with Gasteiger partial charge in [-0.1, -0.05) is 12.1 Å². The summed E-state index contributed by atoms with van der Waals surface area (Å²) in [6.07, 6.45) is 3.33. The number of hydrogen-bond acceptors (Lipinski definition) is 3. The van der Waals surface area contributed by atoms with Crippen LogP contribution >= 0.6 is 0 Å². The van der Waals surface area contributed by atoms with Crippen molar-refractivity contribution in [1.29, 1.82) is 0 Å². The van der Waals surface area contributed by atoms with Crippen LogP contribution in [0.25, 0.3) is 0 Å². The molecule has 0 atom stereocenters. The van der Waals surface area contributed by atoms with Crippen molar-refractivity contribution < 1.29 is 19.5 Å². The van der Waals surface area contributed by atoms with Crippen molar-refractivity contribution in [3.63, 3.8) is 0 Å². The Labute approximate surface area is 134 Å². The van der Waals surface area contributed by atoms with Gasteiger partial charge in [0, 0.05) is 25.2 Å². The molecule has 1 saturated carbocycles. The van der Waals surface area contributed by atoms with E-state index in [0.29, 0.717) is 31.5 Å². The molecule has 1 aromatic rings. The van der Waals surface area contributed by atoms with Crippen molar-refractivity contribution in [3.8, 4) is 0 Å². The van der Waals surface area contributed by atoms with Crippen LogP contribution in [-0.2, 0) is 20.9 Å². The predicted molar refractivity (Wildman–Crippen MR) is 83.6 cm³/mol. The van der Waals surface area contributed by atoms with E-state index in [2.05, 4.69) is 5.32 Å². The summed E-state index contributed by atoms with van der Waals surface area (Å²) in [5, 5.41) is 11.8. The van der Waals surface area contributed by atoms with Gasteiger partial charge in [0.1, 0.15) is 5.41 Å². The number of carboxylic acids is 1. The van der Waals surface area contributed by atoms with Crippen LogP contribution < -0.4 is 5.32 Å². The van der Waals surface area contributed by atoms with Gasteiger partial charge in [0.25, 0.3) is 0 Å². The highest BCUT2D eigenvalue weighted by Crippen LogP contribution is 2.46. The molecular formula is C17H20N2O4. The van der Waals surface area contributed by atoms with Gasteiger partial charge < -0.3 is 15.3 Å². The number of rotatable bonds is 5. The van der Waals surface area contributed by atoms with E-state index in [4.69, 9.17) is 5.11 Å². The molecular weight excluding hydrogens is 296 g/mol. The number of carbonyl (C=O) groups is 3. The molecule has 2 aliphatic rings. The Morgan fingerprint density at radius 3 is 2.70 bits per heavy atom. The summed E-state index contributed by atoms with van der Waals surface area (Å²) in [5.74, 6) is -1.37. The number of amides is 2. The number of piperidine rings is 1. The molecule has 2 fully saturated rings. The summed E-state index contributed by atoms with van der Waals surface area (Å²) in [7, 11) is 0. The van der Waals surface area contributed by atoms with Crippen molar-refractivity contribution in [2.45, 2.75) is 38.6 Å². The highest BCUT2D eigenvalue weighted by Gasteiger charge is 2.57. The maximum Gasteiger partial charge on any atom is 0.319 e. The number of aliphatic carboxylic acids is 1. The Kier molecular flexibility index (Phi) is 4.07. The van der Waals surface area contributed by atoms with Crippen molar-refractivity contribution in [2.75, 3.05) is 11.9 Å². The second kappa shape index (κ2) is 6.02. The molecule has 3 rings (SSSR count). The maximum absolute atomic E-state index is 12.1. The summed E-state index contributed by atoms with van der Waals surface area (Å²) in [4.78, 5) is 37.0. The summed E-state index contributed by atoms with van der Waals surface area (Å²) in [6.45, 7) is 1.28. The minimum absolute atomic E-state index is 0.161. The van der Waals surface area contributed by atoms with Crippen LogP contribution in [0, 0.1) is 5.41 Å². The van der Waals surface area contributed by atoms with Gasteiger partial charge in [-0.3, -0.25) is 14.4 Å². The molecule has 6 heteroatoms. The number of nitrogens with one attached hydrogen (secondary N) is 1. The minimum Gasteiger partial charge on any atom is -0.480 e. The first-order chi connectivity index (χ1) is 11.0. The van der Waals surface area contributed by atoms with Crippen LogP contribution in [0.5, 0.6) is 0 Å². The SMILES string of the molecule is O=C1CCCCN1Cc1cccc(NC(=O)C2(C(=O)O)CC2)c1. The highest BCUT2D eigenvalue weighted by molar-refractivity contribution is 6.10. The average molecular weight is 316 g/mol. The Morgan fingerprint density at radius 2 is 2.04 bits per heavy atom. The predicted octanol–water partition coefficient (Wildman–Crippen LogP) is 2.00. The van der Waals surface area contributed by atoms with Crippen LogP contribution in [0.3, 0.4) is 0 Å². The van der Waals surface area contributed by atoms with Crippen LogP contribution in [0.15, 0.2) is 24.3 Å². The molecule has 23 heavy (non-hydrogen) atoms. The Hall–Kier alpha value is -2.37. The molecule has 1 aliphatic carbocycles. The molecule has 0 unspecified atom stereocenters. The largest absolute Gasteiger partial charge is 0.480 e. The van der Waals surface area contributed by atoms with Gasteiger partial charge in [-0.05, 0) is 43.4 Å². The number of nitrogens with zero attached hydrogens (tertiary/aromatic N) is 1. The second-order valence-corrected chi connectivity index (χ2v) is 6.31. The van der Waals surface area contributed by atoms with Crippen molar-refractivity contribution in [3.05, 3.63) is 29.8 Å². The zero-order valence-electron chi connectivity index (χ0n) is 12.9. The first-order valence-electron chi connectivity index (χ1n) is 7.93. The van der Waals surface area contributed by atoms with Gasteiger partial charge >= 0.3 is 5.97 Å². The molecule has 0 spiro atoms. The number of likely N-dealkylation sites (tertiary alicyclic amines) is 1. The summed E-state index contributed by atoms with van der Waals surface area (Å²) in [5.41, 5.74) is 0.251. The molecule has 1 aliphatic heterocycles. The van der Waals surface area contributed by atoms with Crippen LogP contribution in [0.1, 0.15) is 37.7 Å². The third-order valence-electron chi connectivity index (χ3n) is 4.57. The average Bonchev–Trinajstić information content (AvgIpc) is 3.32. The lowest BCUT2D eigenvalue weighted by molar-refractivity contribution is -0.147. The summed E-state index contributed by atoms with van der Waals surface area (Å²) >= 11 is 0. The van der Waals surface area contributed by atoms with Crippen molar-refractivity contribution in [1.82, 2.24) is 4.90 Å². The molecule has 1 aromatic carbocycles. The standard InChI is InChI=1S/C17H20N2O4/c20-14-6-1-2-9-19(14)11-12-4-3-5-13(10-12)18-15(21)17(7-8-17)16(22)23/h3-5,10H,1-2,6-9,11H2,(H,18,21)(H,22,23). The molecule has 1 heterocycles. The number of hydrogen-bond donors (Lipinski definition) is 2. The van der Waals surface area contributed by atoms with Gasteiger partial charge in [0.05, 0.1) is 0 Å². The topological polar surface area (TPSA) is 86.7 Å². The quantitative estimate of drug-likeness (QED) is 0.814. The van der Waals surface area contributed by atoms with Gasteiger partial charge in [-0.25, -0.2) is 0 Å². The van der Waals surface area contributed by atoms with Gasteiger partial charge in [-0.2, -0.15) is 0 Å². The summed E-state index contributed by atoms with van der Waals surface area (Å²) < 4.78 is 0. The van der Waals surface area contributed by atoms with Gasteiger partial charge in [0.15, 0.2) is 0 Å². The number of benzene rings is 1. The van der Waals surface area contributed by atoms with E-state index in [1.54, 1.807) is 18.2 Å². The third-order valence-corrected chi connectivity index (χ3v) is 4.57. The molecule has 0 aromatic heterocycles. The zero-order chi connectivity index (χ0) is 16.4. The highest BCUT2D eigenvalue weighted by atomic mass is 16.4. The Balaban J connectivity index is 1.67. The number of carbonyl (C=O) groups excluding carboxylic acids is 2. The zero-order valence-corrected chi connectivity index (χ0v) is 12.9. The molecule has 0 bridgehead atoms. The van der Waals surface area contributed by atoms with E-state index in [-0.39, 0.29) is 5.91 Å². The van der Waals surface area contributed by atoms with Gasteiger partial charge in [-0.15, -0.1) is 0 Å². The Bertz CT molecular complexity index is 652. The lowest BCUT2D eigenvalue weighted by atomic mass is 10.1. The first-order valence-corrected chi connectivity index (χ1v) is 7.93. The van der Waals surface area contributed by atoms with Crippen LogP contribution in [0.2, 0.25) is 0 Å². The summed E-state index contributed by atoms with van der Waals surface area (Å²) in [6, 6.07) is 7.25. The molecule has 6 nitrogen and oxygen atoms in total. The van der Waals surface area contributed by atoms with E-state index >= 15 is 0 Å². The van der Waals surface area contributed by atoms with Gasteiger partial charge in [0.2, 0.25) is 11.8 Å². The fraction of sp³-hybridized carbons (Fsp3) is 0.471. The normalized spacial score (nSPS) is 19.3. The molecule has 2 N–H and O–H groups in total. The molecule has 2 amide bonds. The first kappa shape index (κ1) is 15.5. The fourth-order valence-corrected chi connectivity index (χ4v) is 2.91. The minimum atomic E-state index is -1.25. The lowest BCUT2D eigenvalue weighted by Crippen LogP contribution is -2.34. The molecule has 1 saturated heterocycles. The smallest absolute Gasteiger partial charge is 0.319 e. The second-order valence-electron chi connectivity index (χ2n) is 6.31. The molecule has 122 valence electrons. The van der Waals surface area contributed by atoms with E-state index < -0.39 is 17.3 Å². The monoisotopic (exact) mass is 316 g/mol. The maximum atomic E-state index is 12.1. The Morgan fingerprint density at radius 1 is 1.26 bits per heavy atom. The van der Waals surface area contributed by atoms with E-state index in [1.165, 1.54) is 0 Å². The van der Waals surface area contributed by atoms with E-state index in [0.717, 1.165) is 24.9 Å². The van der Waals surface area contributed by atoms with Crippen molar-refractivity contribution >= 4 is 23.5 Å². The van der Waals surface area contributed by atoms with Crippen LogP contribution in [-0.4, -0.2) is 34.3 Å². The fourth-order valence-electron chi connectivity index (χ4n) is 2.91. The van der Waals surface area contributed by atoms with E-state index in [9.17, 15) is 14.4 Å². The lowest BCUT2D eigenvalue weighted by Gasteiger charge is -2.27. The number of anilines is 1. The molecule has 0 radical (unpaired) electrons. The third kappa shape index (κ3) is 3.21. The van der Waals surface area contributed by atoms with E-state index in [1.807, 2.05) is 11.0 Å². The number of carboxylic acid groups (broad SMARTS) is 1. The van der Waals surface area contributed by atoms with Crippen LogP contribution in [0.4, 0.5) is 5.69 Å².